The number of ketones is 1. The topological polar surface area (TPSA) is 60.4 Å². The molecule has 0 radical (unpaired) electrons. The van der Waals surface area contributed by atoms with Crippen LogP contribution in [0.2, 0.25) is 0 Å². The molecule has 0 bridgehead atoms. The first-order chi connectivity index (χ1) is 7.82. The van der Waals surface area contributed by atoms with E-state index in [0.29, 0.717) is 11.1 Å². The van der Waals surface area contributed by atoms with Crippen molar-refractivity contribution in [2.75, 3.05) is 7.11 Å². The van der Waals surface area contributed by atoms with E-state index < -0.39 is 10.9 Å². The van der Waals surface area contributed by atoms with Crippen LogP contribution in [0.15, 0.2) is 32.9 Å². The molecule has 0 amide bonds. The van der Waals surface area contributed by atoms with Crippen LogP contribution in [0.5, 0.6) is 5.75 Å². The van der Waals surface area contributed by atoms with Gasteiger partial charge in [-0.3, -0.25) is 14.4 Å². The van der Waals surface area contributed by atoms with Gasteiger partial charge in [-0.1, -0.05) is 6.58 Å². The van der Waals surface area contributed by atoms with Crippen LogP contribution in [-0.4, -0.2) is 12.9 Å². The summed E-state index contributed by atoms with van der Waals surface area (Å²) in [6.45, 7) is 8.88. The monoisotopic (exact) mass is 234 g/mol. The van der Waals surface area contributed by atoms with Gasteiger partial charge in [0.1, 0.15) is 0 Å². The molecular formula is C13H14O4. The molecule has 1 aliphatic carbocycles. The number of methoxy groups -OCH3 is 1. The second kappa shape index (κ2) is 4.49. The van der Waals surface area contributed by atoms with Gasteiger partial charge in [-0.15, -0.1) is 0 Å². The van der Waals surface area contributed by atoms with Crippen LogP contribution in [0.1, 0.15) is 19.4 Å². The number of carbonyl (C=O) groups excluding carboxylic acids is 1. The quantitative estimate of drug-likeness (QED) is 0.538. The van der Waals surface area contributed by atoms with Crippen LogP contribution >= 0.6 is 0 Å². The number of allylic oxidation sites excluding steroid dienone is 3. The Morgan fingerprint density at radius 3 is 1.65 bits per heavy atom. The van der Waals surface area contributed by atoms with Gasteiger partial charge < -0.3 is 4.74 Å². The van der Waals surface area contributed by atoms with Gasteiger partial charge in [-0.25, -0.2) is 0 Å². The largest absolute Gasteiger partial charge is 0.492 e. The molecule has 0 spiro atoms. The summed E-state index contributed by atoms with van der Waals surface area (Å²) in [6, 6.07) is 0. The molecule has 1 aromatic carbocycles. The minimum Gasteiger partial charge on any atom is -0.492 e. The zero-order chi connectivity index (χ0) is 13.3. The van der Waals surface area contributed by atoms with Gasteiger partial charge in [-0.05, 0) is 26.3 Å². The Bertz CT molecular complexity index is 573. The van der Waals surface area contributed by atoms with E-state index in [4.69, 9.17) is 0 Å². The van der Waals surface area contributed by atoms with Gasteiger partial charge in [-0.2, -0.15) is 0 Å². The van der Waals surface area contributed by atoms with Crippen LogP contribution in [0.3, 0.4) is 0 Å². The molecule has 17 heavy (non-hydrogen) atoms. The fraction of sp³-hybridized carbons (Fsp3) is 0.308. The number of rotatable bonds is 1. The van der Waals surface area contributed by atoms with Crippen LogP contribution in [-0.2, 0) is 4.79 Å². The molecule has 0 heterocycles. The Kier molecular flexibility index (Phi) is 3.46. The second-order valence-electron chi connectivity index (χ2n) is 3.87. The normalized spacial score (nSPS) is 14.4. The predicted molar refractivity (Wildman–Crippen MR) is 65.2 cm³/mol. The molecular weight excluding hydrogens is 220 g/mol. The Balaban J connectivity index is 0.000000171. The molecule has 0 unspecified atom stereocenters. The van der Waals surface area contributed by atoms with Gasteiger partial charge in [0.2, 0.25) is 5.43 Å². The Hall–Kier alpha value is -1.97. The average molecular weight is 234 g/mol. The van der Waals surface area contributed by atoms with Crippen molar-refractivity contribution in [3.05, 3.63) is 49.3 Å². The van der Waals surface area contributed by atoms with Crippen molar-refractivity contribution in [1.29, 1.82) is 0 Å². The molecule has 0 aromatic heterocycles. The maximum Gasteiger partial charge on any atom is 0.268 e. The molecule has 90 valence electrons. The maximum absolute atomic E-state index is 10.6. The molecule has 1 aliphatic rings. The maximum atomic E-state index is 10.6. The first-order valence-corrected chi connectivity index (χ1v) is 5.08. The minimum absolute atomic E-state index is 0.127. The van der Waals surface area contributed by atoms with Crippen molar-refractivity contribution in [3.63, 3.8) is 0 Å². The number of Topliss-reactive ketones (excluding diaryl/α,β-unsaturated/α-hetero) is 1. The summed E-state index contributed by atoms with van der Waals surface area (Å²) >= 11 is 0. The van der Waals surface area contributed by atoms with Gasteiger partial charge in [0.05, 0.1) is 7.11 Å². The van der Waals surface area contributed by atoms with E-state index in [0.717, 1.165) is 11.1 Å². The van der Waals surface area contributed by atoms with E-state index in [2.05, 4.69) is 11.3 Å². The lowest BCUT2D eigenvalue weighted by Gasteiger charge is -2.17. The standard InChI is InChI=1S/C7H8O.C6H6O3/c1-4-5(2)7(8)6(4)3;1-3-4(7)5(8)6(3)9-2/h2H2,1,3H3;1-2H3. The van der Waals surface area contributed by atoms with Gasteiger partial charge >= 0.3 is 0 Å². The van der Waals surface area contributed by atoms with E-state index in [9.17, 15) is 14.4 Å². The molecule has 2 rings (SSSR count). The van der Waals surface area contributed by atoms with E-state index in [1.165, 1.54) is 7.11 Å². The van der Waals surface area contributed by atoms with E-state index in [1.54, 1.807) is 6.92 Å². The molecule has 4 heteroatoms. The molecule has 0 atom stereocenters. The third-order valence-corrected chi connectivity index (χ3v) is 2.93. The van der Waals surface area contributed by atoms with Crippen molar-refractivity contribution in [2.24, 2.45) is 0 Å². The number of hydrogen-bond acceptors (Lipinski definition) is 4. The van der Waals surface area contributed by atoms with Crippen molar-refractivity contribution >= 4 is 5.78 Å². The van der Waals surface area contributed by atoms with Crippen molar-refractivity contribution < 1.29 is 9.53 Å². The zero-order valence-corrected chi connectivity index (χ0v) is 10.3. The van der Waals surface area contributed by atoms with E-state index in [1.807, 2.05) is 13.8 Å². The number of carbonyl (C=O) groups is 1. The van der Waals surface area contributed by atoms with Crippen LogP contribution in [0.4, 0.5) is 0 Å². The first-order valence-electron chi connectivity index (χ1n) is 5.08. The molecule has 0 N–H and O–H groups in total. The number of hydrogen-bond donors (Lipinski definition) is 0. The fourth-order valence-corrected chi connectivity index (χ4v) is 1.46. The lowest BCUT2D eigenvalue weighted by Crippen LogP contribution is -2.34. The van der Waals surface area contributed by atoms with Crippen molar-refractivity contribution in [2.45, 2.75) is 20.8 Å². The molecule has 0 aliphatic heterocycles. The zero-order valence-electron chi connectivity index (χ0n) is 10.3. The molecule has 0 saturated carbocycles. The van der Waals surface area contributed by atoms with E-state index >= 15 is 0 Å². The Labute approximate surface area is 98.9 Å². The van der Waals surface area contributed by atoms with Crippen molar-refractivity contribution in [3.8, 4) is 5.75 Å². The highest BCUT2D eigenvalue weighted by atomic mass is 16.5. The lowest BCUT2D eigenvalue weighted by atomic mass is 9.85. The van der Waals surface area contributed by atoms with Gasteiger partial charge in [0.15, 0.2) is 11.5 Å². The minimum atomic E-state index is -0.505. The van der Waals surface area contributed by atoms with Crippen LogP contribution < -0.4 is 15.6 Å². The summed E-state index contributed by atoms with van der Waals surface area (Å²) in [4.78, 5) is 31.5. The summed E-state index contributed by atoms with van der Waals surface area (Å²) in [5, 5.41) is 0. The van der Waals surface area contributed by atoms with Gasteiger partial charge in [0, 0.05) is 16.7 Å². The average Bonchev–Trinajstić information content (AvgIpc) is 2.37. The third-order valence-electron chi connectivity index (χ3n) is 2.93. The summed E-state index contributed by atoms with van der Waals surface area (Å²) in [6.07, 6.45) is 0. The van der Waals surface area contributed by atoms with Gasteiger partial charge in [0.25, 0.3) is 5.43 Å². The Morgan fingerprint density at radius 1 is 0.941 bits per heavy atom. The van der Waals surface area contributed by atoms with Crippen molar-refractivity contribution in [1.82, 2.24) is 0 Å². The molecule has 0 fully saturated rings. The highest BCUT2D eigenvalue weighted by Crippen LogP contribution is 2.26. The number of ether oxygens (including phenoxy) is 1. The third kappa shape index (κ3) is 1.98. The highest BCUT2D eigenvalue weighted by molar-refractivity contribution is 6.18. The second-order valence-corrected chi connectivity index (χ2v) is 3.87. The summed E-state index contributed by atoms with van der Waals surface area (Å²) in [5.74, 6) is 0.336. The Morgan fingerprint density at radius 2 is 1.47 bits per heavy atom. The highest BCUT2D eigenvalue weighted by Gasteiger charge is 2.23. The van der Waals surface area contributed by atoms with Crippen LogP contribution in [0.25, 0.3) is 0 Å². The summed E-state index contributed by atoms with van der Waals surface area (Å²) < 4.78 is 4.59. The predicted octanol–water partition coefficient (Wildman–Crippen LogP) is 1.06. The first kappa shape index (κ1) is 13.1. The lowest BCUT2D eigenvalue weighted by molar-refractivity contribution is -0.113. The van der Waals surface area contributed by atoms with E-state index in [-0.39, 0.29) is 11.5 Å². The summed E-state index contributed by atoms with van der Waals surface area (Å²) in [7, 11) is 1.38. The van der Waals surface area contributed by atoms with Crippen LogP contribution in [0, 0.1) is 6.92 Å². The fourth-order valence-electron chi connectivity index (χ4n) is 1.46. The molecule has 4 nitrogen and oxygen atoms in total. The molecule has 1 aromatic rings. The SMILES string of the molecule is C=C1C(=O)C(C)=C1C.COc1c(C)c(=O)c1=O. The summed E-state index contributed by atoms with van der Waals surface area (Å²) in [5.41, 5.74) is 2.12. The molecule has 0 saturated heterocycles. The smallest absolute Gasteiger partial charge is 0.268 e.